The first kappa shape index (κ1) is 17.4. The van der Waals surface area contributed by atoms with Gasteiger partial charge in [0, 0.05) is 12.7 Å². The third-order valence-corrected chi connectivity index (χ3v) is 4.56. The number of aromatic nitrogens is 1. The van der Waals surface area contributed by atoms with Crippen LogP contribution in [0.15, 0.2) is 53.6 Å². The van der Waals surface area contributed by atoms with Crippen molar-refractivity contribution in [3.05, 3.63) is 59.9 Å². The van der Waals surface area contributed by atoms with Gasteiger partial charge in [-0.15, -0.1) is 0 Å². The van der Waals surface area contributed by atoms with Crippen molar-refractivity contribution < 1.29 is 21.6 Å². The zero-order chi connectivity index (χ0) is 16.9. The first-order valence-corrected chi connectivity index (χ1v) is 8.34. The summed E-state index contributed by atoms with van der Waals surface area (Å²) >= 11 is 0. The van der Waals surface area contributed by atoms with Crippen LogP contribution in [-0.4, -0.2) is 19.9 Å². The van der Waals surface area contributed by atoms with Gasteiger partial charge in [0.1, 0.15) is 10.6 Å². The van der Waals surface area contributed by atoms with E-state index in [4.69, 9.17) is 0 Å². The zero-order valence-electron chi connectivity index (χ0n) is 12.0. The molecule has 23 heavy (non-hydrogen) atoms. The van der Waals surface area contributed by atoms with Gasteiger partial charge < -0.3 is 0 Å². The monoisotopic (exact) mass is 344 g/mol. The van der Waals surface area contributed by atoms with E-state index in [0.29, 0.717) is 25.1 Å². The van der Waals surface area contributed by atoms with E-state index in [0.717, 1.165) is 11.6 Å². The SMILES string of the molecule is O=S(=O)(NCCCc1ccccc1)c1ccc(C(F)(F)F)nc1. The molecule has 1 aromatic heterocycles. The molecule has 1 aromatic carbocycles. The Bertz CT molecular complexity index is 730. The Labute approximate surface area is 132 Å². The molecule has 0 aliphatic heterocycles. The van der Waals surface area contributed by atoms with Crippen LogP contribution in [0.3, 0.4) is 0 Å². The minimum absolute atomic E-state index is 0.193. The number of benzene rings is 1. The molecule has 124 valence electrons. The molecule has 1 heterocycles. The molecule has 8 heteroatoms. The number of aryl methyl sites for hydroxylation is 1. The van der Waals surface area contributed by atoms with Crippen LogP contribution >= 0.6 is 0 Å². The van der Waals surface area contributed by atoms with Crippen molar-refractivity contribution in [3.63, 3.8) is 0 Å². The van der Waals surface area contributed by atoms with Crippen LogP contribution in [0.4, 0.5) is 13.2 Å². The van der Waals surface area contributed by atoms with Gasteiger partial charge in [0.15, 0.2) is 0 Å². The predicted octanol–water partition coefficient (Wildman–Crippen LogP) is 3.01. The van der Waals surface area contributed by atoms with Gasteiger partial charge in [0.05, 0.1) is 0 Å². The fourth-order valence-corrected chi connectivity index (χ4v) is 2.95. The molecule has 0 bridgehead atoms. The van der Waals surface area contributed by atoms with Gasteiger partial charge in [-0.25, -0.2) is 13.1 Å². The highest BCUT2D eigenvalue weighted by molar-refractivity contribution is 7.89. The van der Waals surface area contributed by atoms with Crippen LogP contribution in [0.5, 0.6) is 0 Å². The van der Waals surface area contributed by atoms with E-state index in [1.807, 2.05) is 30.3 Å². The van der Waals surface area contributed by atoms with Crippen LogP contribution < -0.4 is 4.72 Å². The zero-order valence-corrected chi connectivity index (χ0v) is 12.9. The first-order valence-electron chi connectivity index (χ1n) is 6.86. The van der Waals surface area contributed by atoms with E-state index in [-0.39, 0.29) is 11.4 Å². The van der Waals surface area contributed by atoms with Crippen LogP contribution in [0.2, 0.25) is 0 Å². The molecule has 0 unspecified atom stereocenters. The number of halogens is 3. The van der Waals surface area contributed by atoms with E-state index in [2.05, 4.69) is 9.71 Å². The highest BCUT2D eigenvalue weighted by Crippen LogP contribution is 2.27. The number of pyridine rings is 1. The third kappa shape index (κ3) is 5.04. The Morgan fingerprint density at radius 3 is 2.30 bits per heavy atom. The smallest absolute Gasteiger partial charge is 0.250 e. The quantitative estimate of drug-likeness (QED) is 0.820. The average Bonchev–Trinajstić information content (AvgIpc) is 2.52. The summed E-state index contributed by atoms with van der Waals surface area (Å²) in [6.07, 6.45) is -2.60. The fraction of sp³-hybridized carbons (Fsp3) is 0.267. The maximum absolute atomic E-state index is 12.4. The summed E-state index contributed by atoms with van der Waals surface area (Å²) in [6.45, 7) is 0.193. The number of nitrogens with zero attached hydrogens (tertiary/aromatic N) is 1. The molecule has 2 aromatic rings. The third-order valence-electron chi connectivity index (χ3n) is 3.11. The molecule has 0 saturated heterocycles. The van der Waals surface area contributed by atoms with Crippen molar-refractivity contribution >= 4 is 10.0 Å². The second-order valence-electron chi connectivity index (χ2n) is 4.86. The Morgan fingerprint density at radius 1 is 1.04 bits per heavy atom. The summed E-state index contributed by atoms with van der Waals surface area (Å²) in [5.41, 5.74) is -0.0385. The standard InChI is InChI=1S/C15H15F3N2O2S/c16-15(17,18)14-9-8-13(11-19-14)23(21,22)20-10-4-7-12-5-2-1-3-6-12/h1-3,5-6,8-9,11,20H,4,7,10H2. The molecule has 1 N–H and O–H groups in total. The molecule has 0 spiro atoms. The number of rotatable bonds is 6. The molecule has 0 aliphatic carbocycles. The van der Waals surface area contributed by atoms with Crippen molar-refractivity contribution in [2.24, 2.45) is 0 Å². The Balaban J connectivity index is 1.91. The lowest BCUT2D eigenvalue weighted by Gasteiger charge is -2.08. The molecule has 0 atom stereocenters. The summed E-state index contributed by atoms with van der Waals surface area (Å²) in [4.78, 5) is 2.86. The van der Waals surface area contributed by atoms with Crippen LogP contribution in [0.25, 0.3) is 0 Å². The fourth-order valence-electron chi connectivity index (χ4n) is 1.93. The summed E-state index contributed by atoms with van der Waals surface area (Å²) in [5.74, 6) is 0. The van der Waals surface area contributed by atoms with Gasteiger partial charge in [-0.05, 0) is 30.5 Å². The molecule has 0 aliphatic rings. The van der Waals surface area contributed by atoms with E-state index >= 15 is 0 Å². The van der Waals surface area contributed by atoms with Crippen LogP contribution in [0, 0.1) is 0 Å². The molecule has 0 radical (unpaired) electrons. The molecule has 4 nitrogen and oxygen atoms in total. The maximum atomic E-state index is 12.4. The lowest BCUT2D eigenvalue weighted by molar-refractivity contribution is -0.141. The average molecular weight is 344 g/mol. The number of nitrogens with one attached hydrogen (secondary N) is 1. The van der Waals surface area contributed by atoms with Gasteiger partial charge in [0.25, 0.3) is 0 Å². The summed E-state index contributed by atoms with van der Waals surface area (Å²) < 4.78 is 63.5. The lowest BCUT2D eigenvalue weighted by Crippen LogP contribution is -2.25. The van der Waals surface area contributed by atoms with Crippen LogP contribution in [-0.2, 0) is 22.6 Å². The van der Waals surface area contributed by atoms with Crippen molar-refractivity contribution in [2.75, 3.05) is 6.54 Å². The number of alkyl halides is 3. The van der Waals surface area contributed by atoms with Crippen LogP contribution in [0.1, 0.15) is 17.7 Å². The largest absolute Gasteiger partial charge is 0.433 e. The minimum Gasteiger partial charge on any atom is -0.250 e. The first-order chi connectivity index (χ1) is 10.8. The minimum atomic E-state index is -4.59. The number of sulfonamides is 1. The molecule has 0 amide bonds. The lowest BCUT2D eigenvalue weighted by atomic mass is 10.1. The Hall–Kier alpha value is -1.93. The summed E-state index contributed by atoms with van der Waals surface area (Å²) in [5, 5.41) is 0. The maximum Gasteiger partial charge on any atom is 0.433 e. The summed E-state index contributed by atoms with van der Waals surface area (Å²) in [6, 6.07) is 11.1. The molecule has 0 fully saturated rings. The summed E-state index contributed by atoms with van der Waals surface area (Å²) in [7, 11) is -3.86. The van der Waals surface area contributed by atoms with E-state index in [9.17, 15) is 21.6 Å². The van der Waals surface area contributed by atoms with Crippen molar-refractivity contribution in [2.45, 2.75) is 23.9 Å². The van der Waals surface area contributed by atoms with Crippen molar-refractivity contribution in [1.82, 2.24) is 9.71 Å². The molecule has 2 rings (SSSR count). The highest BCUT2D eigenvalue weighted by Gasteiger charge is 2.32. The van der Waals surface area contributed by atoms with Crippen molar-refractivity contribution in [3.8, 4) is 0 Å². The second kappa shape index (κ2) is 7.10. The van der Waals surface area contributed by atoms with E-state index in [1.54, 1.807) is 0 Å². The Morgan fingerprint density at radius 2 is 1.74 bits per heavy atom. The van der Waals surface area contributed by atoms with Gasteiger partial charge >= 0.3 is 6.18 Å². The Kier molecular flexibility index (Phi) is 5.38. The number of hydrogen-bond acceptors (Lipinski definition) is 3. The predicted molar refractivity (Wildman–Crippen MR) is 79.2 cm³/mol. The van der Waals surface area contributed by atoms with Crippen molar-refractivity contribution in [1.29, 1.82) is 0 Å². The normalized spacial score (nSPS) is 12.3. The number of hydrogen-bond donors (Lipinski definition) is 1. The van der Waals surface area contributed by atoms with Gasteiger partial charge in [-0.2, -0.15) is 13.2 Å². The van der Waals surface area contributed by atoms with Gasteiger partial charge in [-0.3, -0.25) is 4.98 Å². The molecular formula is C15H15F3N2O2S. The van der Waals surface area contributed by atoms with Gasteiger partial charge in [0.2, 0.25) is 10.0 Å². The topological polar surface area (TPSA) is 59.1 Å². The van der Waals surface area contributed by atoms with E-state index in [1.165, 1.54) is 0 Å². The molecular weight excluding hydrogens is 329 g/mol. The molecule has 0 saturated carbocycles. The highest BCUT2D eigenvalue weighted by atomic mass is 32.2. The van der Waals surface area contributed by atoms with E-state index < -0.39 is 21.9 Å². The second-order valence-corrected chi connectivity index (χ2v) is 6.63. The van der Waals surface area contributed by atoms with Gasteiger partial charge in [-0.1, -0.05) is 30.3 Å².